The lowest BCUT2D eigenvalue weighted by atomic mass is 10.2. The zero-order valence-electron chi connectivity index (χ0n) is 16.0. The Morgan fingerprint density at radius 2 is 1.96 bits per heavy atom. The second-order valence-electron chi connectivity index (χ2n) is 6.50. The first-order valence-corrected chi connectivity index (χ1v) is 11.0. The van der Waals surface area contributed by atoms with E-state index in [1.807, 2.05) is 31.2 Å². The van der Waals surface area contributed by atoms with E-state index in [0.717, 1.165) is 30.7 Å². The molecule has 0 radical (unpaired) electrons. The van der Waals surface area contributed by atoms with E-state index in [9.17, 15) is 8.42 Å². The lowest BCUT2D eigenvalue weighted by Gasteiger charge is -2.13. The van der Waals surface area contributed by atoms with Crippen LogP contribution in [0.15, 0.2) is 29.3 Å². The molecule has 9 heteroatoms. The lowest BCUT2D eigenvalue weighted by Crippen LogP contribution is -2.38. The van der Waals surface area contributed by atoms with Crippen molar-refractivity contribution in [2.45, 2.75) is 32.7 Å². The van der Waals surface area contributed by atoms with Gasteiger partial charge in [0.2, 0.25) is 10.0 Å². The molecule has 1 aromatic carbocycles. The number of ether oxygens (including phenoxy) is 1. The summed E-state index contributed by atoms with van der Waals surface area (Å²) in [4.78, 5) is 4.61. The summed E-state index contributed by atoms with van der Waals surface area (Å²) in [5.74, 6) is 2.33. The molecule has 27 heavy (non-hydrogen) atoms. The van der Waals surface area contributed by atoms with Gasteiger partial charge in [0.15, 0.2) is 5.96 Å². The van der Waals surface area contributed by atoms with Gasteiger partial charge in [-0.1, -0.05) is 18.2 Å². The van der Waals surface area contributed by atoms with Crippen LogP contribution in [0, 0.1) is 5.92 Å². The van der Waals surface area contributed by atoms with E-state index in [1.54, 1.807) is 0 Å². The molecule has 0 bridgehead atoms. The maximum atomic E-state index is 11.0. The fourth-order valence-corrected chi connectivity index (χ4v) is 2.84. The number of guanidine groups is 1. The van der Waals surface area contributed by atoms with Crippen LogP contribution in [0.2, 0.25) is 0 Å². The fraction of sp³-hybridized carbons (Fsp3) is 0.611. The monoisotopic (exact) mass is 510 g/mol. The number of rotatable bonds is 11. The van der Waals surface area contributed by atoms with E-state index < -0.39 is 10.0 Å². The highest BCUT2D eigenvalue weighted by atomic mass is 127. The van der Waals surface area contributed by atoms with Crippen LogP contribution in [0.4, 0.5) is 0 Å². The summed E-state index contributed by atoms with van der Waals surface area (Å²) >= 11 is 0. The number of hydrogen-bond donors (Lipinski definition) is 3. The van der Waals surface area contributed by atoms with Crippen molar-refractivity contribution in [2.75, 3.05) is 32.5 Å². The fourth-order valence-electron chi connectivity index (χ4n) is 2.33. The Balaban J connectivity index is 0.00000364. The Morgan fingerprint density at radius 3 is 2.63 bits per heavy atom. The van der Waals surface area contributed by atoms with E-state index in [4.69, 9.17) is 4.74 Å². The second-order valence-corrected chi connectivity index (χ2v) is 8.34. The number of halogens is 1. The van der Waals surface area contributed by atoms with Gasteiger partial charge in [0.1, 0.15) is 5.75 Å². The Hall–Kier alpha value is -1.07. The molecule has 0 atom stereocenters. The number of sulfonamides is 1. The van der Waals surface area contributed by atoms with Crippen LogP contribution in [0.1, 0.15) is 31.7 Å². The summed E-state index contributed by atoms with van der Waals surface area (Å²) in [7, 11) is -3.13. The van der Waals surface area contributed by atoms with Crippen LogP contribution >= 0.6 is 24.0 Å². The summed E-state index contributed by atoms with van der Waals surface area (Å²) < 4.78 is 30.5. The molecular weight excluding hydrogens is 479 g/mol. The Bertz CT molecular complexity index is 694. The minimum Gasteiger partial charge on any atom is -0.493 e. The summed E-state index contributed by atoms with van der Waals surface area (Å²) in [6.45, 7) is 5.11. The maximum absolute atomic E-state index is 11.0. The minimum absolute atomic E-state index is 0. The van der Waals surface area contributed by atoms with Gasteiger partial charge in [-0.25, -0.2) is 18.1 Å². The van der Waals surface area contributed by atoms with Gasteiger partial charge in [-0.3, -0.25) is 0 Å². The quantitative estimate of drug-likeness (QED) is 0.184. The molecule has 1 aliphatic carbocycles. The van der Waals surface area contributed by atoms with Crippen LogP contribution in [0.3, 0.4) is 0 Å². The second kappa shape index (κ2) is 12.4. The molecule has 0 heterocycles. The van der Waals surface area contributed by atoms with Crippen LogP contribution in [-0.2, 0) is 16.6 Å². The number of nitrogens with one attached hydrogen (secondary N) is 3. The zero-order valence-corrected chi connectivity index (χ0v) is 19.2. The van der Waals surface area contributed by atoms with Crippen LogP contribution in [-0.4, -0.2) is 46.9 Å². The summed E-state index contributed by atoms with van der Waals surface area (Å²) in [6.07, 6.45) is 4.37. The van der Waals surface area contributed by atoms with Gasteiger partial charge in [0.05, 0.1) is 19.4 Å². The van der Waals surface area contributed by atoms with Crippen LogP contribution in [0.5, 0.6) is 5.75 Å². The molecule has 0 amide bonds. The third-order valence-corrected chi connectivity index (χ3v) is 4.63. The first-order chi connectivity index (χ1) is 12.5. The predicted octanol–water partition coefficient (Wildman–Crippen LogP) is 2.09. The SMILES string of the molecule is CCNC(=NCc1ccccc1OCC1CC1)NCCCNS(C)(=O)=O.I. The average molecular weight is 510 g/mol. The van der Waals surface area contributed by atoms with Crippen molar-refractivity contribution in [1.82, 2.24) is 15.4 Å². The third-order valence-electron chi connectivity index (χ3n) is 3.91. The van der Waals surface area contributed by atoms with Gasteiger partial charge in [0.25, 0.3) is 0 Å². The van der Waals surface area contributed by atoms with Crippen LogP contribution in [0.25, 0.3) is 0 Å². The van der Waals surface area contributed by atoms with Gasteiger partial charge in [-0.15, -0.1) is 24.0 Å². The molecule has 7 nitrogen and oxygen atoms in total. The van der Waals surface area contributed by atoms with Crippen molar-refractivity contribution in [3.8, 4) is 5.75 Å². The Kier molecular flexibility index (Phi) is 11.0. The molecule has 0 saturated heterocycles. The average Bonchev–Trinajstić information content (AvgIpc) is 3.41. The summed E-state index contributed by atoms with van der Waals surface area (Å²) in [5.41, 5.74) is 1.06. The lowest BCUT2D eigenvalue weighted by molar-refractivity contribution is 0.297. The summed E-state index contributed by atoms with van der Waals surface area (Å²) in [6, 6.07) is 8.00. The van der Waals surface area contributed by atoms with Gasteiger partial charge in [0, 0.05) is 25.2 Å². The minimum atomic E-state index is -3.13. The molecule has 2 rings (SSSR count). The Labute approximate surface area is 179 Å². The van der Waals surface area contributed by atoms with Crippen molar-refractivity contribution in [2.24, 2.45) is 10.9 Å². The van der Waals surface area contributed by atoms with Crippen LogP contribution < -0.4 is 20.1 Å². The number of aliphatic imine (C=N–C) groups is 1. The standard InChI is InChI=1S/C18H30N4O3S.HI/c1-3-19-18(20-11-6-12-22-26(2,23)24)21-13-16-7-4-5-8-17(16)25-14-15-9-10-15;/h4-5,7-8,15,22H,3,6,9-14H2,1-2H3,(H2,19,20,21);1H. The van der Waals surface area contributed by atoms with E-state index in [1.165, 1.54) is 12.8 Å². The highest BCUT2D eigenvalue weighted by molar-refractivity contribution is 14.0. The number of hydrogen-bond acceptors (Lipinski definition) is 4. The first kappa shape index (κ1) is 24.0. The third kappa shape index (κ3) is 10.7. The van der Waals surface area contributed by atoms with E-state index in [0.29, 0.717) is 37.9 Å². The van der Waals surface area contributed by atoms with Gasteiger partial charge in [-0.2, -0.15) is 0 Å². The highest BCUT2D eigenvalue weighted by Crippen LogP contribution is 2.30. The van der Waals surface area contributed by atoms with E-state index >= 15 is 0 Å². The van der Waals surface area contributed by atoms with Gasteiger partial charge < -0.3 is 15.4 Å². The number of benzene rings is 1. The predicted molar refractivity (Wildman–Crippen MR) is 120 cm³/mol. The number of para-hydroxylation sites is 1. The molecule has 1 saturated carbocycles. The molecule has 0 aliphatic heterocycles. The summed E-state index contributed by atoms with van der Waals surface area (Å²) in [5, 5.41) is 6.42. The molecule has 0 unspecified atom stereocenters. The first-order valence-electron chi connectivity index (χ1n) is 9.15. The maximum Gasteiger partial charge on any atom is 0.208 e. The van der Waals surface area contributed by atoms with Crippen molar-refractivity contribution < 1.29 is 13.2 Å². The molecule has 3 N–H and O–H groups in total. The van der Waals surface area contributed by atoms with Gasteiger partial charge >= 0.3 is 0 Å². The largest absolute Gasteiger partial charge is 0.493 e. The van der Waals surface area contributed by atoms with Gasteiger partial charge in [-0.05, 0) is 38.2 Å². The van der Waals surface area contributed by atoms with Crippen molar-refractivity contribution >= 4 is 40.0 Å². The molecule has 0 spiro atoms. The smallest absolute Gasteiger partial charge is 0.208 e. The van der Waals surface area contributed by atoms with Crippen molar-refractivity contribution in [3.05, 3.63) is 29.8 Å². The van der Waals surface area contributed by atoms with Crippen molar-refractivity contribution in [3.63, 3.8) is 0 Å². The topological polar surface area (TPSA) is 91.8 Å². The zero-order chi connectivity index (χ0) is 18.8. The normalized spacial score (nSPS) is 14.4. The highest BCUT2D eigenvalue weighted by Gasteiger charge is 2.22. The molecule has 1 fully saturated rings. The molecule has 154 valence electrons. The number of nitrogens with zero attached hydrogens (tertiary/aromatic N) is 1. The molecule has 1 aromatic rings. The molecule has 0 aromatic heterocycles. The van der Waals surface area contributed by atoms with E-state index in [-0.39, 0.29) is 24.0 Å². The molecule has 1 aliphatic rings. The molecular formula is C18H31IN4O3S. The Morgan fingerprint density at radius 1 is 1.22 bits per heavy atom. The van der Waals surface area contributed by atoms with E-state index in [2.05, 4.69) is 20.3 Å². The van der Waals surface area contributed by atoms with Crippen molar-refractivity contribution in [1.29, 1.82) is 0 Å².